The van der Waals surface area contributed by atoms with E-state index >= 15 is 0 Å². The highest BCUT2D eigenvalue weighted by molar-refractivity contribution is 5.94. The Morgan fingerprint density at radius 1 is 1.50 bits per heavy atom. The summed E-state index contributed by atoms with van der Waals surface area (Å²) in [6, 6.07) is 4.16. The molecule has 0 spiro atoms. The van der Waals surface area contributed by atoms with Crippen LogP contribution < -0.4 is 11.1 Å². The molecule has 1 fully saturated rings. The summed E-state index contributed by atoms with van der Waals surface area (Å²) in [7, 11) is 4.27. The van der Waals surface area contributed by atoms with Gasteiger partial charge in [-0.2, -0.15) is 0 Å². The van der Waals surface area contributed by atoms with Crippen molar-refractivity contribution >= 4 is 12.2 Å². The summed E-state index contributed by atoms with van der Waals surface area (Å²) in [6.45, 7) is 2.37. The highest BCUT2D eigenvalue weighted by atomic mass is 19.1. The highest BCUT2D eigenvalue weighted by Crippen LogP contribution is 2.07. The van der Waals surface area contributed by atoms with Crippen LogP contribution in [0.1, 0.15) is 27.1 Å². The van der Waals surface area contributed by atoms with Crippen LogP contribution in [0.5, 0.6) is 0 Å². The maximum Gasteiger partial charge on any atom is 0.248 e. The molecule has 110 valence electrons. The summed E-state index contributed by atoms with van der Waals surface area (Å²) >= 11 is 0. The standard InChI is InChI=1S/C8H6FNO2.C6H14N2/c9-7-2-1-5(8(10)12)3-6(7)4-11;1-8(2)6-3-4-7-5-6/h1-4H,(H2,10,12);6-7H,3-5H2,1-2H3. The predicted molar refractivity (Wildman–Crippen MR) is 75.3 cm³/mol. The molecule has 1 amide bonds. The predicted octanol–water partition coefficient (Wildman–Crippen LogP) is 0.647. The fraction of sp³-hybridized carbons (Fsp3) is 0.429. The Hall–Kier alpha value is -1.79. The second kappa shape index (κ2) is 7.72. The third kappa shape index (κ3) is 4.71. The molecule has 0 radical (unpaired) electrons. The maximum absolute atomic E-state index is 12.7. The van der Waals surface area contributed by atoms with Crippen molar-refractivity contribution in [1.82, 2.24) is 10.2 Å². The summed E-state index contributed by atoms with van der Waals surface area (Å²) in [5, 5.41) is 3.31. The third-order valence-electron chi connectivity index (χ3n) is 3.17. The number of carbonyl (C=O) groups is 2. The molecule has 1 saturated heterocycles. The lowest BCUT2D eigenvalue weighted by Crippen LogP contribution is -2.29. The van der Waals surface area contributed by atoms with Crippen molar-refractivity contribution < 1.29 is 14.0 Å². The summed E-state index contributed by atoms with van der Waals surface area (Å²) in [5.41, 5.74) is 4.87. The number of nitrogens with two attached hydrogens (primary N) is 1. The lowest BCUT2D eigenvalue weighted by atomic mass is 10.1. The molecule has 0 aromatic heterocycles. The van der Waals surface area contributed by atoms with E-state index in [9.17, 15) is 14.0 Å². The van der Waals surface area contributed by atoms with Crippen molar-refractivity contribution in [2.75, 3.05) is 27.2 Å². The lowest BCUT2D eigenvalue weighted by Gasteiger charge is -2.16. The molecule has 1 aromatic carbocycles. The van der Waals surface area contributed by atoms with E-state index in [0.29, 0.717) is 6.29 Å². The molecule has 1 atom stereocenters. The Morgan fingerprint density at radius 2 is 2.20 bits per heavy atom. The van der Waals surface area contributed by atoms with Gasteiger partial charge in [-0.05, 0) is 45.3 Å². The number of carbonyl (C=O) groups excluding carboxylic acids is 2. The van der Waals surface area contributed by atoms with Gasteiger partial charge in [0.15, 0.2) is 6.29 Å². The molecule has 1 aliphatic rings. The maximum atomic E-state index is 12.7. The molecule has 1 aromatic rings. The zero-order chi connectivity index (χ0) is 15.1. The second-order valence-corrected chi connectivity index (χ2v) is 4.83. The normalized spacial score (nSPS) is 17.5. The Morgan fingerprint density at radius 3 is 2.60 bits per heavy atom. The van der Waals surface area contributed by atoms with E-state index in [4.69, 9.17) is 5.73 Å². The number of hydrogen-bond donors (Lipinski definition) is 2. The molecule has 1 aliphatic heterocycles. The zero-order valence-corrected chi connectivity index (χ0v) is 11.7. The Bertz CT molecular complexity index is 471. The molecule has 2 rings (SSSR count). The first-order valence-electron chi connectivity index (χ1n) is 6.37. The molecular formula is C14H20FN3O2. The number of nitrogens with zero attached hydrogens (tertiary/aromatic N) is 1. The average Bonchev–Trinajstić information content (AvgIpc) is 2.94. The van der Waals surface area contributed by atoms with Crippen LogP contribution in [0, 0.1) is 5.82 Å². The number of aldehydes is 1. The van der Waals surface area contributed by atoms with Gasteiger partial charge in [-0.15, -0.1) is 0 Å². The molecular weight excluding hydrogens is 261 g/mol. The average molecular weight is 281 g/mol. The fourth-order valence-electron chi connectivity index (χ4n) is 1.87. The van der Waals surface area contributed by atoms with E-state index < -0.39 is 11.7 Å². The Kier molecular flexibility index (Phi) is 6.27. The minimum absolute atomic E-state index is 0.124. The third-order valence-corrected chi connectivity index (χ3v) is 3.17. The lowest BCUT2D eigenvalue weighted by molar-refractivity contribution is 0.1000. The molecule has 5 nitrogen and oxygen atoms in total. The molecule has 1 unspecified atom stereocenters. The first-order valence-corrected chi connectivity index (χ1v) is 6.37. The number of rotatable bonds is 3. The monoisotopic (exact) mass is 281 g/mol. The second-order valence-electron chi connectivity index (χ2n) is 4.83. The van der Waals surface area contributed by atoms with Crippen molar-refractivity contribution in [3.63, 3.8) is 0 Å². The van der Waals surface area contributed by atoms with Crippen LogP contribution in [-0.2, 0) is 0 Å². The smallest absolute Gasteiger partial charge is 0.248 e. The molecule has 0 saturated carbocycles. The van der Waals surface area contributed by atoms with Gasteiger partial charge in [0.2, 0.25) is 5.91 Å². The zero-order valence-electron chi connectivity index (χ0n) is 11.7. The first-order chi connectivity index (χ1) is 9.45. The van der Waals surface area contributed by atoms with Crippen LogP contribution in [-0.4, -0.2) is 50.3 Å². The van der Waals surface area contributed by atoms with Gasteiger partial charge in [0.05, 0.1) is 5.56 Å². The van der Waals surface area contributed by atoms with Crippen molar-refractivity contribution in [3.8, 4) is 0 Å². The summed E-state index contributed by atoms with van der Waals surface area (Å²) in [6.07, 6.45) is 1.65. The van der Waals surface area contributed by atoms with E-state index in [-0.39, 0.29) is 11.1 Å². The van der Waals surface area contributed by atoms with Crippen LogP contribution in [0.15, 0.2) is 18.2 Å². The number of hydrogen-bond acceptors (Lipinski definition) is 4. The number of amides is 1. The quantitative estimate of drug-likeness (QED) is 0.798. The number of nitrogens with one attached hydrogen (secondary N) is 1. The van der Waals surface area contributed by atoms with Crippen molar-refractivity contribution in [2.45, 2.75) is 12.5 Å². The van der Waals surface area contributed by atoms with Gasteiger partial charge < -0.3 is 16.0 Å². The van der Waals surface area contributed by atoms with Crippen molar-refractivity contribution in [3.05, 3.63) is 35.1 Å². The summed E-state index contributed by atoms with van der Waals surface area (Å²) < 4.78 is 12.7. The Balaban J connectivity index is 0.000000217. The molecule has 20 heavy (non-hydrogen) atoms. The number of likely N-dealkylation sites (N-methyl/N-ethyl adjacent to an activating group) is 1. The van der Waals surface area contributed by atoms with Crippen LogP contribution in [0.2, 0.25) is 0 Å². The van der Waals surface area contributed by atoms with Gasteiger partial charge in [-0.1, -0.05) is 0 Å². The molecule has 6 heteroatoms. The fourth-order valence-corrected chi connectivity index (χ4v) is 1.87. The largest absolute Gasteiger partial charge is 0.366 e. The van der Waals surface area contributed by atoms with E-state index in [2.05, 4.69) is 24.3 Å². The van der Waals surface area contributed by atoms with Crippen molar-refractivity contribution in [2.24, 2.45) is 5.73 Å². The Labute approximate surface area is 117 Å². The highest BCUT2D eigenvalue weighted by Gasteiger charge is 2.14. The summed E-state index contributed by atoms with van der Waals surface area (Å²) in [5.74, 6) is -1.34. The molecule has 0 bridgehead atoms. The first kappa shape index (κ1) is 16.3. The number of benzene rings is 1. The van der Waals surface area contributed by atoms with Crippen LogP contribution in [0.25, 0.3) is 0 Å². The molecule has 1 heterocycles. The van der Waals surface area contributed by atoms with Gasteiger partial charge in [0.1, 0.15) is 5.82 Å². The van der Waals surface area contributed by atoms with E-state index in [1.54, 1.807) is 0 Å². The SMILES string of the molecule is CN(C)C1CCNC1.NC(=O)c1ccc(F)c(C=O)c1. The van der Waals surface area contributed by atoms with Crippen LogP contribution in [0.4, 0.5) is 4.39 Å². The van der Waals surface area contributed by atoms with Gasteiger partial charge in [0, 0.05) is 18.2 Å². The van der Waals surface area contributed by atoms with Crippen molar-refractivity contribution in [1.29, 1.82) is 0 Å². The van der Waals surface area contributed by atoms with E-state index in [1.807, 2.05) is 0 Å². The van der Waals surface area contributed by atoms with Crippen LogP contribution >= 0.6 is 0 Å². The minimum Gasteiger partial charge on any atom is -0.366 e. The van der Waals surface area contributed by atoms with E-state index in [0.717, 1.165) is 18.2 Å². The number of primary amides is 1. The molecule has 0 aliphatic carbocycles. The van der Waals surface area contributed by atoms with Gasteiger partial charge >= 0.3 is 0 Å². The van der Waals surface area contributed by atoms with Gasteiger partial charge in [-0.25, -0.2) is 4.39 Å². The number of halogens is 1. The van der Waals surface area contributed by atoms with Crippen LogP contribution in [0.3, 0.4) is 0 Å². The van der Waals surface area contributed by atoms with Gasteiger partial charge in [-0.3, -0.25) is 9.59 Å². The summed E-state index contributed by atoms with van der Waals surface area (Å²) in [4.78, 5) is 23.1. The molecule has 3 N–H and O–H groups in total. The minimum atomic E-state index is -0.682. The topological polar surface area (TPSA) is 75.4 Å². The van der Waals surface area contributed by atoms with Gasteiger partial charge in [0.25, 0.3) is 0 Å². The van der Waals surface area contributed by atoms with E-state index in [1.165, 1.54) is 25.6 Å².